The fourth-order valence-electron chi connectivity index (χ4n) is 3.22. The molecule has 3 aromatic rings. The molecule has 0 spiro atoms. The number of carbonyl (C=O) groups is 1. The second kappa shape index (κ2) is 7.90. The van der Waals surface area contributed by atoms with Crippen LogP contribution in [0.3, 0.4) is 0 Å². The number of piperidine rings is 1. The van der Waals surface area contributed by atoms with Crippen molar-refractivity contribution in [3.05, 3.63) is 72.9 Å². The molecule has 8 heteroatoms. The molecule has 1 saturated heterocycles. The van der Waals surface area contributed by atoms with E-state index in [9.17, 15) is 13.6 Å². The van der Waals surface area contributed by atoms with Crippen molar-refractivity contribution in [1.82, 2.24) is 19.7 Å². The monoisotopic (exact) mass is 397 g/mol. The number of benzene rings is 2. The van der Waals surface area contributed by atoms with E-state index < -0.39 is 11.6 Å². The minimum atomic E-state index is -0.778. The molecule has 1 aliphatic rings. The highest BCUT2D eigenvalue weighted by Crippen LogP contribution is 2.22. The summed E-state index contributed by atoms with van der Waals surface area (Å²) in [5.74, 6) is -0.651. The van der Waals surface area contributed by atoms with Crippen LogP contribution in [-0.2, 0) is 0 Å². The van der Waals surface area contributed by atoms with Crippen molar-refractivity contribution in [3.8, 4) is 17.1 Å². The molecule has 0 aliphatic carbocycles. The lowest BCUT2D eigenvalue weighted by Gasteiger charge is -2.32. The fourth-order valence-corrected chi connectivity index (χ4v) is 3.22. The van der Waals surface area contributed by atoms with Crippen LogP contribution in [0, 0.1) is 18.6 Å². The Morgan fingerprint density at radius 2 is 1.83 bits per heavy atom. The van der Waals surface area contributed by atoms with Gasteiger partial charge in [-0.05, 0) is 12.1 Å². The number of hydrogen-bond donors (Lipinski definition) is 0. The molecule has 1 amide bonds. The van der Waals surface area contributed by atoms with Gasteiger partial charge in [-0.3, -0.25) is 0 Å². The number of carbonyl (C=O) groups excluding carboxylic acids is 1. The normalized spacial score (nSPS) is 14.8. The SMILES string of the molecule is [CH2-]c1ccc(OC2CCN(C(=O)n3cnc(-c4ccc(F)cc4F)n3)CC2)cc1. The summed E-state index contributed by atoms with van der Waals surface area (Å²) in [7, 11) is 0. The van der Waals surface area contributed by atoms with Crippen LogP contribution in [-0.4, -0.2) is 44.9 Å². The van der Waals surface area contributed by atoms with Crippen molar-refractivity contribution in [1.29, 1.82) is 0 Å². The molecule has 29 heavy (non-hydrogen) atoms. The average Bonchev–Trinajstić information content (AvgIpc) is 3.20. The molecule has 0 bridgehead atoms. The predicted molar refractivity (Wildman–Crippen MR) is 102 cm³/mol. The van der Waals surface area contributed by atoms with Gasteiger partial charge in [-0.2, -0.15) is 29.3 Å². The molecule has 4 rings (SSSR count). The Kier molecular flexibility index (Phi) is 5.16. The first-order chi connectivity index (χ1) is 14.0. The Bertz CT molecular complexity index is 1010. The molecule has 0 saturated carbocycles. The molecule has 2 aromatic carbocycles. The van der Waals surface area contributed by atoms with E-state index >= 15 is 0 Å². The van der Waals surface area contributed by atoms with Crippen LogP contribution in [0.15, 0.2) is 48.8 Å². The van der Waals surface area contributed by atoms with Crippen LogP contribution in [0.2, 0.25) is 0 Å². The predicted octanol–water partition coefficient (Wildman–Crippen LogP) is 3.92. The lowest BCUT2D eigenvalue weighted by Crippen LogP contribution is -2.43. The Labute approximate surface area is 166 Å². The highest BCUT2D eigenvalue weighted by atomic mass is 19.1. The minimum Gasteiger partial charge on any atom is -0.493 e. The topological polar surface area (TPSA) is 60.2 Å². The third-order valence-corrected chi connectivity index (χ3v) is 4.80. The first-order valence-corrected chi connectivity index (χ1v) is 9.24. The maximum atomic E-state index is 13.9. The van der Waals surface area contributed by atoms with Crippen LogP contribution < -0.4 is 4.74 Å². The second-order valence-electron chi connectivity index (χ2n) is 6.87. The van der Waals surface area contributed by atoms with Crippen molar-refractivity contribution in [2.45, 2.75) is 18.9 Å². The average molecular weight is 397 g/mol. The van der Waals surface area contributed by atoms with Crippen LogP contribution in [0.25, 0.3) is 11.4 Å². The molecule has 1 aromatic heterocycles. The number of amides is 1. The number of nitrogens with zero attached hydrogens (tertiary/aromatic N) is 4. The number of rotatable bonds is 3. The maximum Gasteiger partial charge on any atom is 0.346 e. The first kappa shape index (κ1) is 18.9. The van der Waals surface area contributed by atoms with Crippen LogP contribution in [0.4, 0.5) is 13.6 Å². The highest BCUT2D eigenvalue weighted by molar-refractivity contribution is 5.76. The van der Waals surface area contributed by atoms with Gasteiger partial charge in [-0.25, -0.2) is 18.6 Å². The van der Waals surface area contributed by atoms with Crippen LogP contribution in [0.1, 0.15) is 18.4 Å². The molecule has 0 atom stereocenters. The Hall–Kier alpha value is -3.42. The molecule has 6 nitrogen and oxygen atoms in total. The van der Waals surface area contributed by atoms with Gasteiger partial charge in [0.15, 0.2) is 5.82 Å². The van der Waals surface area contributed by atoms with E-state index in [-0.39, 0.29) is 23.5 Å². The summed E-state index contributed by atoms with van der Waals surface area (Å²) in [5, 5.41) is 4.06. The van der Waals surface area contributed by atoms with Crippen molar-refractivity contribution < 1.29 is 18.3 Å². The number of ether oxygens (including phenoxy) is 1. The molecule has 2 heterocycles. The van der Waals surface area contributed by atoms with Gasteiger partial charge in [-0.1, -0.05) is 12.1 Å². The lowest BCUT2D eigenvalue weighted by atomic mass is 10.1. The second-order valence-corrected chi connectivity index (χ2v) is 6.87. The summed E-state index contributed by atoms with van der Waals surface area (Å²) < 4.78 is 34.0. The number of aromatic nitrogens is 3. The van der Waals surface area contributed by atoms with Gasteiger partial charge < -0.3 is 9.64 Å². The van der Waals surface area contributed by atoms with E-state index in [1.54, 1.807) is 4.90 Å². The Balaban J connectivity index is 1.37. The zero-order valence-electron chi connectivity index (χ0n) is 15.6. The molecule has 0 N–H and O–H groups in total. The zero-order chi connectivity index (χ0) is 20.4. The van der Waals surface area contributed by atoms with Gasteiger partial charge in [0.1, 0.15) is 24.1 Å². The van der Waals surface area contributed by atoms with Crippen molar-refractivity contribution in [2.75, 3.05) is 13.1 Å². The summed E-state index contributed by atoms with van der Waals surface area (Å²) in [5.41, 5.74) is 0.962. The summed E-state index contributed by atoms with van der Waals surface area (Å²) in [4.78, 5) is 18.3. The third kappa shape index (κ3) is 4.21. The van der Waals surface area contributed by atoms with Crippen LogP contribution >= 0.6 is 0 Å². The van der Waals surface area contributed by atoms with Crippen molar-refractivity contribution in [3.63, 3.8) is 0 Å². The first-order valence-electron chi connectivity index (χ1n) is 9.24. The molecule has 0 unspecified atom stereocenters. The Morgan fingerprint density at radius 3 is 2.52 bits per heavy atom. The van der Waals surface area contributed by atoms with E-state index in [0.717, 1.165) is 28.1 Å². The highest BCUT2D eigenvalue weighted by Gasteiger charge is 2.26. The summed E-state index contributed by atoms with van der Waals surface area (Å²) in [6, 6.07) is 10.3. The van der Waals surface area contributed by atoms with E-state index in [1.165, 1.54) is 12.4 Å². The van der Waals surface area contributed by atoms with Crippen molar-refractivity contribution in [2.24, 2.45) is 0 Å². The number of hydrogen-bond acceptors (Lipinski definition) is 4. The fraction of sp³-hybridized carbons (Fsp3) is 0.238. The van der Waals surface area contributed by atoms with Crippen LogP contribution in [0.5, 0.6) is 5.75 Å². The smallest absolute Gasteiger partial charge is 0.346 e. The maximum absolute atomic E-state index is 13.9. The number of likely N-dealkylation sites (tertiary alicyclic amines) is 1. The van der Waals surface area contributed by atoms with E-state index in [2.05, 4.69) is 17.0 Å². The molecular formula is C21H19F2N4O2-. The molecule has 1 aliphatic heterocycles. The van der Waals surface area contributed by atoms with E-state index in [0.29, 0.717) is 25.9 Å². The van der Waals surface area contributed by atoms with Gasteiger partial charge in [-0.15, -0.1) is 5.10 Å². The van der Waals surface area contributed by atoms with Crippen molar-refractivity contribution >= 4 is 6.03 Å². The molecular weight excluding hydrogens is 378 g/mol. The third-order valence-electron chi connectivity index (χ3n) is 4.80. The minimum absolute atomic E-state index is 0.0225. The van der Waals surface area contributed by atoms with E-state index in [4.69, 9.17) is 4.74 Å². The quantitative estimate of drug-likeness (QED) is 0.629. The Morgan fingerprint density at radius 1 is 1.10 bits per heavy atom. The molecule has 150 valence electrons. The molecule has 0 radical (unpaired) electrons. The largest absolute Gasteiger partial charge is 0.493 e. The van der Waals surface area contributed by atoms with Gasteiger partial charge >= 0.3 is 6.03 Å². The van der Waals surface area contributed by atoms with Gasteiger partial charge in [0, 0.05) is 32.0 Å². The molecule has 1 fully saturated rings. The van der Waals surface area contributed by atoms with Gasteiger partial charge in [0.05, 0.1) is 11.3 Å². The van der Waals surface area contributed by atoms with Gasteiger partial charge in [0.25, 0.3) is 0 Å². The van der Waals surface area contributed by atoms with E-state index in [1.807, 2.05) is 24.3 Å². The summed E-state index contributed by atoms with van der Waals surface area (Å²) in [6.07, 6.45) is 2.64. The summed E-state index contributed by atoms with van der Waals surface area (Å²) >= 11 is 0. The standard InChI is InChI=1S/C21H19F2N4O2/c1-14-2-5-16(6-3-14)29-17-8-10-26(11-9-17)21(28)27-13-24-20(25-27)18-7-4-15(22)12-19(18)23/h2-7,12-13,17H,1,8-11H2/q-1. The number of halogens is 2. The lowest BCUT2D eigenvalue weighted by molar-refractivity contribution is 0.110. The summed E-state index contributed by atoms with van der Waals surface area (Å²) in [6.45, 7) is 4.87. The van der Waals surface area contributed by atoms with Gasteiger partial charge in [0.2, 0.25) is 0 Å². The zero-order valence-corrected chi connectivity index (χ0v) is 15.6.